The van der Waals surface area contributed by atoms with Crippen LogP contribution in [0.2, 0.25) is 0 Å². The molecule has 1 aliphatic rings. The highest BCUT2D eigenvalue weighted by Crippen LogP contribution is 2.26. The lowest BCUT2D eigenvalue weighted by Crippen LogP contribution is -2.65. The van der Waals surface area contributed by atoms with Crippen LogP contribution in [0.5, 0.6) is 0 Å². The second kappa shape index (κ2) is 7.48. The number of nitrogens with two attached hydrogens (primary N) is 1. The van der Waals surface area contributed by atoms with Crippen molar-refractivity contribution in [3.8, 4) is 0 Å². The molecule has 0 aromatic rings. The molecule has 0 bridgehead atoms. The van der Waals surface area contributed by atoms with Crippen LogP contribution in [0.4, 0.5) is 0 Å². The van der Waals surface area contributed by atoms with Crippen molar-refractivity contribution < 1.29 is 34.7 Å². The molecule has 1 aliphatic carbocycles. The Balaban J connectivity index is 2.85. The fourth-order valence-corrected chi connectivity index (χ4v) is 2.29. The van der Waals surface area contributed by atoms with E-state index in [1.54, 1.807) is 6.92 Å². The first-order valence-electron chi connectivity index (χ1n) is 6.97. The van der Waals surface area contributed by atoms with Crippen molar-refractivity contribution in [2.45, 2.75) is 62.9 Å². The molecule has 0 spiro atoms. The molecular formula is C13H25NO7. The van der Waals surface area contributed by atoms with Gasteiger partial charge in [0.15, 0.2) is 6.10 Å². The van der Waals surface area contributed by atoms with E-state index in [-0.39, 0.29) is 5.92 Å². The van der Waals surface area contributed by atoms with Crippen LogP contribution in [0.3, 0.4) is 0 Å². The van der Waals surface area contributed by atoms with Gasteiger partial charge >= 0.3 is 5.97 Å². The number of carbonyl (C=O) groups excluding carboxylic acids is 1. The van der Waals surface area contributed by atoms with Crippen molar-refractivity contribution in [2.75, 3.05) is 7.11 Å². The van der Waals surface area contributed by atoms with Crippen LogP contribution in [0.1, 0.15) is 20.3 Å². The van der Waals surface area contributed by atoms with Gasteiger partial charge in [-0.3, -0.25) is 4.79 Å². The summed E-state index contributed by atoms with van der Waals surface area (Å²) in [5, 5.41) is 39.0. The highest BCUT2D eigenvalue weighted by atomic mass is 16.6. The minimum absolute atomic E-state index is 0.125. The molecule has 6 N–H and O–H groups in total. The van der Waals surface area contributed by atoms with Crippen LogP contribution in [-0.2, 0) is 14.3 Å². The van der Waals surface area contributed by atoms with E-state index in [9.17, 15) is 25.2 Å². The van der Waals surface area contributed by atoms with Gasteiger partial charge in [-0.1, -0.05) is 20.3 Å². The van der Waals surface area contributed by atoms with E-state index >= 15 is 0 Å². The largest absolute Gasteiger partial charge is 0.455 e. The third kappa shape index (κ3) is 3.71. The van der Waals surface area contributed by atoms with Crippen LogP contribution in [-0.4, -0.2) is 76.2 Å². The molecule has 7 unspecified atom stereocenters. The zero-order valence-electron chi connectivity index (χ0n) is 12.4. The molecule has 1 rings (SSSR count). The summed E-state index contributed by atoms with van der Waals surface area (Å²) < 4.78 is 10.1. The number of aliphatic hydroxyl groups excluding tert-OH is 4. The summed E-state index contributed by atoms with van der Waals surface area (Å²) in [7, 11) is 1.24. The molecule has 0 heterocycles. The van der Waals surface area contributed by atoms with Gasteiger partial charge in [-0.05, 0) is 5.92 Å². The fraction of sp³-hybridized carbons (Fsp3) is 0.923. The van der Waals surface area contributed by atoms with E-state index in [0.717, 1.165) is 0 Å². The third-order valence-corrected chi connectivity index (χ3v) is 4.10. The maximum absolute atomic E-state index is 12.0. The monoisotopic (exact) mass is 307 g/mol. The lowest BCUT2D eigenvalue weighted by Gasteiger charge is -2.42. The molecule has 0 aliphatic heterocycles. The summed E-state index contributed by atoms with van der Waals surface area (Å²) in [6.45, 7) is 3.65. The van der Waals surface area contributed by atoms with Crippen molar-refractivity contribution in [1.82, 2.24) is 0 Å². The Morgan fingerprint density at radius 3 is 2.00 bits per heavy atom. The number of hydrogen-bond donors (Lipinski definition) is 5. The zero-order valence-corrected chi connectivity index (χ0v) is 12.4. The average molecular weight is 307 g/mol. The van der Waals surface area contributed by atoms with Crippen LogP contribution in [0.15, 0.2) is 0 Å². The molecule has 0 saturated heterocycles. The normalized spacial score (nSPS) is 39.6. The van der Waals surface area contributed by atoms with E-state index < -0.39 is 48.6 Å². The van der Waals surface area contributed by atoms with E-state index in [1.165, 1.54) is 7.11 Å². The molecule has 0 aromatic carbocycles. The first kappa shape index (κ1) is 18.3. The Morgan fingerprint density at radius 2 is 1.57 bits per heavy atom. The van der Waals surface area contributed by atoms with E-state index in [4.69, 9.17) is 15.2 Å². The Bertz CT molecular complexity index is 353. The average Bonchev–Trinajstić information content (AvgIpc) is 2.49. The SMILES string of the molecule is CCC(C)[C@H](N)C(=O)OC1C(O)C(O)C(O)C(O)C1OC. The van der Waals surface area contributed by atoms with Crippen molar-refractivity contribution >= 4 is 5.97 Å². The zero-order chi connectivity index (χ0) is 16.3. The van der Waals surface area contributed by atoms with Crippen LogP contribution >= 0.6 is 0 Å². The van der Waals surface area contributed by atoms with Gasteiger partial charge in [0.25, 0.3) is 0 Å². The van der Waals surface area contributed by atoms with Gasteiger partial charge in [-0.15, -0.1) is 0 Å². The summed E-state index contributed by atoms with van der Waals surface area (Å²) in [4.78, 5) is 12.0. The van der Waals surface area contributed by atoms with Crippen LogP contribution in [0, 0.1) is 5.92 Å². The number of ether oxygens (including phenoxy) is 2. The second-order valence-electron chi connectivity index (χ2n) is 5.48. The number of aliphatic hydroxyl groups is 4. The van der Waals surface area contributed by atoms with Gasteiger partial charge in [0.05, 0.1) is 0 Å². The molecule has 21 heavy (non-hydrogen) atoms. The maximum atomic E-state index is 12.0. The van der Waals surface area contributed by atoms with Gasteiger partial charge in [-0.2, -0.15) is 0 Å². The summed E-state index contributed by atoms with van der Waals surface area (Å²) in [5.41, 5.74) is 5.75. The fourth-order valence-electron chi connectivity index (χ4n) is 2.29. The van der Waals surface area contributed by atoms with E-state index in [2.05, 4.69) is 0 Å². The third-order valence-electron chi connectivity index (χ3n) is 4.10. The molecule has 0 radical (unpaired) electrons. The lowest BCUT2D eigenvalue weighted by atomic mass is 9.84. The second-order valence-corrected chi connectivity index (χ2v) is 5.48. The van der Waals surface area contributed by atoms with Crippen LogP contribution < -0.4 is 5.73 Å². The van der Waals surface area contributed by atoms with Gasteiger partial charge in [0.2, 0.25) is 0 Å². The minimum Gasteiger partial charge on any atom is -0.455 e. The highest BCUT2D eigenvalue weighted by molar-refractivity contribution is 5.76. The van der Waals surface area contributed by atoms with E-state index in [0.29, 0.717) is 6.42 Å². The Labute approximate surface area is 123 Å². The number of hydrogen-bond acceptors (Lipinski definition) is 8. The lowest BCUT2D eigenvalue weighted by molar-refractivity contribution is -0.239. The Morgan fingerprint density at radius 1 is 1.10 bits per heavy atom. The number of rotatable bonds is 5. The summed E-state index contributed by atoms with van der Waals surface area (Å²) in [6.07, 6.45) is -8.13. The quantitative estimate of drug-likeness (QED) is 0.358. The molecule has 8 atom stereocenters. The number of methoxy groups -OCH3 is 1. The molecule has 1 fully saturated rings. The predicted molar refractivity (Wildman–Crippen MR) is 72.1 cm³/mol. The van der Waals surface area contributed by atoms with Gasteiger partial charge in [0.1, 0.15) is 36.6 Å². The molecule has 1 saturated carbocycles. The maximum Gasteiger partial charge on any atom is 0.323 e. The molecule has 8 nitrogen and oxygen atoms in total. The van der Waals surface area contributed by atoms with Gasteiger partial charge < -0.3 is 35.6 Å². The summed E-state index contributed by atoms with van der Waals surface area (Å²) >= 11 is 0. The molecule has 8 heteroatoms. The van der Waals surface area contributed by atoms with E-state index in [1.807, 2.05) is 6.92 Å². The first-order valence-corrected chi connectivity index (χ1v) is 6.97. The summed E-state index contributed by atoms with van der Waals surface area (Å²) in [5.74, 6) is -0.883. The number of carbonyl (C=O) groups is 1. The van der Waals surface area contributed by atoms with Crippen molar-refractivity contribution in [3.05, 3.63) is 0 Å². The molecule has 0 amide bonds. The van der Waals surface area contributed by atoms with Crippen LogP contribution in [0.25, 0.3) is 0 Å². The van der Waals surface area contributed by atoms with Gasteiger partial charge in [-0.25, -0.2) is 0 Å². The van der Waals surface area contributed by atoms with Gasteiger partial charge in [0, 0.05) is 7.11 Å². The Hall–Kier alpha value is -0.770. The Kier molecular flexibility index (Phi) is 6.51. The summed E-state index contributed by atoms with van der Waals surface area (Å²) in [6, 6.07) is -0.888. The molecule has 124 valence electrons. The smallest absolute Gasteiger partial charge is 0.323 e. The molecular weight excluding hydrogens is 282 g/mol. The number of esters is 1. The minimum atomic E-state index is -1.65. The first-order chi connectivity index (χ1) is 9.76. The standard InChI is InChI=1S/C13H25NO7/c1-4-5(2)6(14)13(19)21-12-10(18)8(16)7(15)9(17)11(12)20-3/h5-12,15-18H,4,14H2,1-3H3/t5?,6-,7?,8?,9?,10?,11?,12?/m0/s1. The predicted octanol–water partition coefficient (Wildman–Crippen LogP) is -2.26. The van der Waals surface area contributed by atoms with Crippen molar-refractivity contribution in [3.63, 3.8) is 0 Å². The molecule has 0 aromatic heterocycles. The topological polar surface area (TPSA) is 142 Å². The highest BCUT2D eigenvalue weighted by Gasteiger charge is 2.51. The van der Waals surface area contributed by atoms with Crippen molar-refractivity contribution in [1.29, 1.82) is 0 Å². The van der Waals surface area contributed by atoms with Crippen molar-refractivity contribution in [2.24, 2.45) is 11.7 Å².